The number of carboxylic acid groups (broad SMARTS) is 3. The topological polar surface area (TPSA) is 199 Å². The van der Waals surface area contributed by atoms with Crippen molar-refractivity contribution in [2.75, 3.05) is 0 Å². The zero-order valence-electron chi connectivity index (χ0n) is 14.4. The third-order valence-electron chi connectivity index (χ3n) is 3.78. The molecular formula is C15H19N3O9S. The van der Waals surface area contributed by atoms with Crippen LogP contribution in [0.25, 0.3) is 0 Å². The maximum absolute atomic E-state index is 12.3. The van der Waals surface area contributed by atoms with Crippen LogP contribution in [0.2, 0.25) is 0 Å². The molecule has 154 valence electrons. The standard InChI is InChI=1S/C15H19N3O9S/c1-2-9(19)16-7(3-10(20)21)12(24)17-8(4-11(22)23)13(25)18-15(28)5-6(15)14(26)27/h2,6-8,28H,1,3-5H2,(H,16,19)(H,17,24)(H,18,25)(H,20,21)(H,22,23)(H,26,27)/t6-,7-,8-,15?/m0/s1. The Morgan fingerprint density at radius 2 is 1.50 bits per heavy atom. The zero-order valence-corrected chi connectivity index (χ0v) is 15.3. The zero-order chi connectivity index (χ0) is 21.6. The number of hydrogen-bond acceptors (Lipinski definition) is 7. The molecule has 4 atom stereocenters. The van der Waals surface area contributed by atoms with Crippen molar-refractivity contribution in [2.45, 2.75) is 36.2 Å². The Labute approximate surface area is 163 Å². The predicted octanol–water partition coefficient (Wildman–Crippen LogP) is -2.06. The molecule has 1 unspecified atom stereocenters. The van der Waals surface area contributed by atoms with Crippen molar-refractivity contribution >= 4 is 48.3 Å². The molecule has 1 fully saturated rings. The summed E-state index contributed by atoms with van der Waals surface area (Å²) < 4.78 is 0. The summed E-state index contributed by atoms with van der Waals surface area (Å²) in [4.78, 5) is 67.4. The molecule has 1 rings (SSSR count). The van der Waals surface area contributed by atoms with Crippen LogP contribution < -0.4 is 16.0 Å². The Morgan fingerprint density at radius 1 is 1.00 bits per heavy atom. The molecule has 3 amide bonds. The maximum atomic E-state index is 12.3. The number of carbonyl (C=O) groups is 6. The van der Waals surface area contributed by atoms with Crippen LogP contribution in [-0.4, -0.2) is 67.9 Å². The fourth-order valence-electron chi connectivity index (χ4n) is 2.25. The first-order chi connectivity index (χ1) is 12.9. The first-order valence-corrected chi connectivity index (χ1v) is 8.28. The number of rotatable bonds is 11. The number of nitrogens with one attached hydrogen (secondary N) is 3. The summed E-state index contributed by atoms with van der Waals surface area (Å²) in [7, 11) is 0. The van der Waals surface area contributed by atoms with Crippen LogP contribution in [0, 0.1) is 5.92 Å². The van der Waals surface area contributed by atoms with Gasteiger partial charge in [0.05, 0.1) is 23.6 Å². The molecule has 12 nitrogen and oxygen atoms in total. The highest BCUT2D eigenvalue weighted by molar-refractivity contribution is 7.82. The van der Waals surface area contributed by atoms with Crippen molar-refractivity contribution in [3.8, 4) is 0 Å². The fourth-order valence-corrected chi connectivity index (χ4v) is 2.66. The maximum Gasteiger partial charge on any atom is 0.309 e. The Bertz CT molecular complexity index is 726. The van der Waals surface area contributed by atoms with Crippen molar-refractivity contribution in [1.82, 2.24) is 16.0 Å². The van der Waals surface area contributed by atoms with Crippen LogP contribution >= 0.6 is 12.6 Å². The van der Waals surface area contributed by atoms with E-state index in [9.17, 15) is 28.8 Å². The van der Waals surface area contributed by atoms with Crippen molar-refractivity contribution < 1.29 is 44.1 Å². The summed E-state index contributed by atoms with van der Waals surface area (Å²) in [6, 6.07) is -3.24. The summed E-state index contributed by atoms with van der Waals surface area (Å²) in [6.45, 7) is 3.16. The summed E-state index contributed by atoms with van der Waals surface area (Å²) in [5.74, 6) is -8.05. The van der Waals surface area contributed by atoms with E-state index in [2.05, 4.69) is 35.2 Å². The number of hydrogen-bond donors (Lipinski definition) is 7. The van der Waals surface area contributed by atoms with E-state index in [0.29, 0.717) is 0 Å². The molecule has 1 aliphatic rings. The van der Waals surface area contributed by atoms with Gasteiger partial charge in [-0.15, -0.1) is 0 Å². The minimum atomic E-state index is -1.65. The molecule has 0 aliphatic heterocycles. The van der Waals surface area contributed by atoms with E-state index >= 15 is 0 Å². The van der Waals surface area contributed by atoms with Gasteiger partial charge in [-0.1, -0.05) is 6.58 Å². The van der Waals surface area contributed by atoms with Crippen molar-refractivity contribution in [3.05, 3.63) is 12.7 Å². The molecule has 0 spiro atoms. The highest BCUT2D eigenvalue weighted by Crippen LogP contribution is 2.46. The quantitative estimate of drug-likeness (QED) is 0.112. The Hall–Kier alpha value is -3.09. The average Bonchev–Trinajstić information content (AvgIpc) is 3.23. The van der Waals surface area contributed by atoms with E-state index in [4.69, 9.17) is 15.3 Å². The largest absolute Gasteiger partial charge is 0.481 e. The normalized spacial score (nSPS) is 22.1. The molecule has 0 aromatic rings. The van der Waals surface area contributed by atoms with Gasteiger partial charge < -0.3 is 31.3 Å². The molecule has 0 bridgehead atoms. The molecule has 1 saturated carbocycles. The first-order valence-electron chi connectivity index (χ1n) is 7.83. The lowest BCUT2D eigenvalue weighted by molar-refractivity contribution is -0.143. The Kier molecular flexibility index (Phi) is 7.55. The molecule has 0 heterocycles. The van der Waals surface area contributed by atoms with Gasteiger partial charge >= 0.3 is 17.9 Å². The molecule has 0 aromatic carbocycles. The van der Waals surface area contributed by atoms with Gasteiger partial charge in [-0.2, -0.15) is 12.6 Å². The second-order valence-electron chi connectivity index (χ2n) is 6.03. The van der Waals surface area contributed by atoms with Crippen molar-refractivity contribution in [3.63, 3.8) is 0 Å². The van der Waals surface area contributed by atoms with Crippen LogP contribution in [0.1, 0.15) is 19.3 Å². The second kappa shape index (κ2) is 9.21. The van der Waals surface area contributed by atoms with Gasteiger partial charge in [-0.25, -0.2) is 0 Å². The second-order valence-corrected chi connectivity index (χ2v) is 6.83. The number of carboxylic acids is 3. The summed E-state index contributed by atoms with van der Waals surface area (Å²) >= 11 is 4.04. The van der Waals surface area contributed by atoms with Crippen LogP contribution in [0.15, 0.2) is 12.7 Å². The van der Waals surface area contributed by atoms with Gasteiger partial charge in [-0.05, 0) is 12.5 Å². The number of amides is 3. The Balaban J connectivity index is 2.89. The third-order valence-corrected chi connectivity index (χ3v) is 4.38. The van der Waals surface area contributed by atoms with Gasteiger partial charge in [0.15, 0.2) is 0 Å². The third kappa shape index (κ3) is 6.57. The highest BCUT2D eigenvalue weighted by atomic mass is 32.1. The first kappa shape index (κ1) is 23.0. The molecule has 0 saturated heterocycles. The van der Waals surface area contributed by atoms with Gasteiger partial charge in [0.1, 0.15) is 12.1 Å². The van der Waals surface area contributed by atoms with Crippen LogP contribution in [0.3, 0.4) is 0 Å². The smallest absolute Gasteiger partial charge is 0.309 e. The summed E-state index contributed by atoms with van der Waals surface area (Å²) in [5.41, 5.74) is 0. The van der Waals surface area contributed by atoms with Crippen molar-refractivity contribution in [2.24, 2.45) is 5.92 Å². The SMILES string of the molecule is C=CC(=O)N[C@@H](CC(=O)O)C(=O)N[C@@H](CC(=O)O)C(=O)NC1(S)C[C@H]1C(=O)O. The Morgan fingerprint density at radius 3 is 1.89 bits per heavy atom. The molecule has 13 heteroatoms. The molecule has 1 aliphatic carbocycles. The predicted molar refractivity (Wildman–Crippen MR) is 94.2 cm³/mol. The lowest BCUT2D eigenvalue weighted by atomic mass is 10.1. The fraction of sp³-hybridized carbons (Fsp3) is 0.467. The number of thiol groups is 1. The number of aliphatic carboxylic acids is 3. The molecule has 0 aromatic heterocycles. The summed E-state index contributed by atoms with van der Waals surface area (Å²) in [6.07, 6.45) is -0.895. The lowest BCUT2D eigenvalue weighted by Gasteiger charge is -2.22. The van der Waals surface area contributed by atoms with E-state index in [1.807, 2.05) is 0 Å². The number of carbonyl (C=O) groups excluding carboxylic acids is 3. The van der Waals surface area contributed by atoms with Crippen LogP contribution in [0.5, 0.6) is 0 Å². The molecule has 6 N–H and O–H groups in total. The van der Waals surface area contributed by atoms with E-state index in [0.717, 1.165) is 6.08 Å². The minimum Gasteiger partial charge on any atom is -0.481 e. The highest BCUT2D eigenvalue weighted by Gasteiger charge is 2.58. The molecular weight excluding hydrogens is 398 g/mol. The monoisotopic (exact) mass is 417 g/mol. The molecule has 28 heavy (non-hydrogen) atoms. The van der Waals surface area contributed by atoms with Gasteiger partial charge in [0.2, 0.25) is 17.7 Å². The minimum absolute atomic E-state index is 0.00194. The lowest BCUT2D eigenvalue weighted by Crippen LogP contribution is -2.56. The van der Waals surface area contributed by atoms with Crippen LogP contribution in [-0.2, 0) is 28.8 Å². The van der Waals surface area contributed by atoms with Gasteiger partial charge in [-0.3, -0.25) is 28.8 Å². The molecule has 0 radical (unpaired) electrons. The van der Waals surface area contributed by atoms with Crippen molar-refractivity contribution in [1.29, 1.82) is 0 Å². The van der Waals surface area contributed by atoms with E-state index in [-0.39, 0.29) is 6.42 Å². The van der Waals surface area contributed by atoms with E-state index in [1.54, 1.807) is 0 Å². The van der Waals surface area contributed by atoms with E-state index < -0.39 is 71.3 Å². The average molecular weight is 417 g/mol. The van der Waals surface area contributed by atoms with Gasteiger partial charge in [0, 0.05) is 0 Å². The van der Waals surface area contributed by atoms with E-state index in [1.165, 1.54) is 0 Å². The summed E-state index contributed by atoms with van der Waals surface area (Å²) in [5, 5.41) is 33.1. The van der Waals surface area contributed by atoms with Gasteiger partial charge in [0.25, 0.3) is 0 Å². The van der Waals surface area contributed by atoms with Crippen LogP contribution in [0.4, 0.5) is 0 Å².